The molecule has 1 rings (SSSR count). The molecule has 0 spiro atoms. The monoisotopic (exact) mass is 270 g/mol. The van der Waals surface area contributed by atoms with Crippen LogP contribution in [0.1, 0.15) is 12.5 Å². The maximum Gasteiger partial charge on any atom is 0.323 e. The van der Waals surface area contributed by atoms with Gasteiger partial charge in [0.25, 0.3) is 0 Å². The normalized spacial score (nSPS) is 9.94. The predicted molar refractivity (Wildman–Crippen MR) is 70.1 cm³/mol. The van der Waals surface area contributed by atoms with E-state index in [1.165, 1.54) is 4.90 Å². The fourth-order valence-electron chi connectivity index (χ4n) is 1.45. The second-order valence-corrected chi connectivity index (χ2v) is 4.23. The van der Waals surface area contributed by atoms with Crippen LogP contribution in [0.3, 0.4) is 0 Å². The van der Waals surface area contributed by atoms with Crippen LogP contribution in [0.2, 0.25) is 5.02 Å². The van der Waals surface area contributed by atoms with Gasteiger partial charge >= 0.3 is 12.0 Å². The van der Waals surface area contributed by atoms with Crippen molar-refractivity contribution in [2.24, 2.45) is 0 Å². The van der Waals surface area contributed by atoms with E-state index in [0.29, 0.717) is 17.3 Å². The highest BCUT2D eigenvalue weighted by molar-refractivity contribution is 6.30. The molecule has 2 N–H and O–H groups in total. The Morgan fingerprint density at radius 3 is 2.61 bits per heavy atom. The van der Waals surface area contributed by atoms with Crippen LogP contribution < -0.4 is 5.32 Å². The number of likely N-dealkylation sites (N-methyl/N-ethyl adjacent to an activating group) is 1. The number of amides is 2. The summed E-state index contributed by atoms with van der Waals surface area (Å²) in [5.74, 6) is -1.04. The van der Waals surface area contributed by atoms with E-state index < -0.39 is 12.0 Å². The van der Waals surface area contributed by atoms with E-state index >= 15 is 0 Å². The van der Waals surface area contributed by atoms with E-state index in [1.54, 1.807) is 25.1 Å². The number of benzene rings is 1. The molecule has 0 saturated heterocycles. The molecule has 0 bridgehead atoms. The first-order valence-corrected chi connectivity index (χ1v) is 5.85. The Bertz CT molecular complexity index is 463. The van der Waals surface area contributed by atoms with Gasteiger partial charge in [-0.25, -0.2) is 4.79 Å². The Hall–Kier alpha value is -1.75. The minimum Gasteiger partial charge on any atom is -0.480 e. The van der Waals surface area contributed by atoms with Gasteiger partial charge in [-0.3, -0.25) is 4.79 Å². The molecule has 98 valence electrons. The van der Waals surface area contributed by atoms with Gasteiger partial charge in [0.15, 0.2) is 0 Å². The molecule has 1 aromatic carbocycles. The summed E-state index contributed by atoms with van der Waals surface area (Å²) in [7, 11) is 0. The molecule has 0 aromatic heterocycles. The molecule has 0 radical (unpaired) electrons. The first-order valence-electron chi connectivity index (χ1n) is 5.48. The van der Waals surface area contributed by atoms with Gasteiger partial charge in [0.2, 0.25) is 0 Å². The Kier molecular flexibility index (Phi) is 4.97. The van der Waals surface area contributed by atoms with E-state index in [2.05, 4.69) is 5.32 Å². The van der Waals surface area contributed by atoms with Crippen LogP contribution in [0, 0.1) is 6.92 Å². The molecule has 0 aliphatic rings. The summed E-state index contributed by atoms with van der Waals surface area (Å²) in [4.78, 5) is 23.6. The highest BCUT2D eigenvalue weighted by Crippen LogP contribution is 2.19. The number of carbonyl (C=O) groups excluding carboxylic acids is 1. The molecular weight excluding hydrogens is 256 g/mol. The van der Waals surface area contributed by atoms with Crippen molar-refractivity contribution >= 4 is 29.3 Å². The van der Waals surface area contributed by atoms with Crippen LogP contribution in [0.15, 0.2) is 18.2 Å². The number of halogens is 1. The first kappa shape index (κ1) is 14.3. The lowest BCUT2D eigenvalue weighted by Crippen LogP contribution is -2.38. The van der Waals surface area contributed by atoms with E-state index in [4.69, 9.17) is 16.7 Å². The quantitative estimate of drug-likeness (QED) is 0.883. The second-order valence-electron chi connectivity index (χ2n) is 3.80. The number of aliphatic carboxylic acids is 1. The molecule has 1 aromatic rings. The zero-order chi connectivity index (χ0) is 13.7. The maximum atomic E-state index is 11.8. The van der Waals surface area contributed by atoms with E-state index in [0.717, 1.165) is 5.56 Å². The summed E-state index contributed by atoms with van der Waals surface area (Å²) in [6, 6.07) is 4.64. The van der Waals surface area contributed by atoms with E-state index in [1.807, 2.05) is 6.92 Å². The molecule has 0 saturated carbocycles. The van der Waals surface area contributed by atoms with Crippen molar-refractivity contribution in [1.29, 1.82) is 0 Å². The summed E-state index contributed by atoms with van der Waals surface area (Å²) in [5, 5.41) is 11.9. The van der Waals surface area contributed by atoms with Crippen molar-refractivity contribution < 1.29 is 14.7 Å². The SMILES string of the molecule is CCN(CC(=O)O)C(=O)Nc1ccc(Cl)cc1C. The minimum atomic E-state index is -1.04. The summed E-state index contributed by atoms with van der Waals surface area (Å²) < 4.78 is 0. The number of rotatable bonds is 4. The standard InChI is InChI=1S/C12H15ClN2O3/c1-3-15(7-11(16)17)12(18)14-10-5-4-9(13)6-8(10)2/h4-6H,3,7H2,1-2H3,(H,14,18)(H,16,17). The third kappa shape index (κ3) is 3.92. The van der Waals surface area contributed by atoms with Crippen LogP contribution in [0.4, 0.5) is 10.5 Å². The molecule has 0 unspecified atom stereocenters. The van der Waals surface area contributed by atoms with Gasteiger partial charge in [-0.1, -0.05) is 11.6 Å². The average molecular weight is 271 g/mol. The summed E-state index contributed by atoms with van der Waals surface area (Å²) in [6.07, 6.45) is 0. The Morgan fingerprint density at radius 1 is 1.44 bits per heavy atom. The van der Waals surface area contributed by atoms with Gasteiger partial charge in [-0.2, -0.15) is 0 Å². The van der Waals surface area contributed by atoms with Crippen molar-refractivity contribution in [3.8, 4) is 0 Å². The number of nitrogens with one attached hydrogen (secondary N) is 1. The third-order valence-corrected chi connectivity index (χ3v) is 2.66. The van der Waals surface area contributed by atoms with Crippen LogP contribution in [-0.2, 0) is 4.79 Å². The number of hydrogen-bond donors (Lipinski definition) is 2. The highest BCUT2D eigenvalue weighted by atomic mass is 35.5. The zero-order valence-corrected chi connectivity index (χ0v) is 11.0. The molecule has 0 heterocycles. The molecule has 0 aliphatic heterocycles. The van der Waals surface area contributed by atoms with Gasteiger partial charge in [-0.05, 0) is 37.6 Å². The molecule has 0 aliphatic carbocycles. The fraction of sp³-hybridized carbons (Fsp3) is 0.333. The molecule has 6 heteroatoms. The first-order chi connectivity index (χ1) is 8.43. The Morgan fingerprint density at radius 2 is 2.11 bits per heavy atom. The lowest BCUT2D eigenvalue weighted by Gasteiger charge is -2.19. The van der Waals surface area contributed by atoms with Crippen molar-refractivity contribution in [2.45, 2.75) is 13.8 Å². The predicted octanol–water partition coefficient (Wildman–Crippen LogP) is 2.59. The number of nitrogens with zero attached hydrogens (tertiary/aromatic N) is 1. The summed E-state index contributed by atoms with van der Waals surface area (Å²) in [6.45, 7) is 3.53. The zero-order valence-electron chi connectivity index (χ0n) is 10.2. The molecular formula is C12H15ClN2O3. The number of anilines is 1. The molecule has 5 nitrogen and oxygen atoms in total. The topological polar surface area (TPSA) is 69.6 Å². The number of carboxylic acids is 1. The van der Waals surface area contributed by atoms with Crippen LogP contribution in [0.5, 0.6) is 0 Å². The Labute approximate surface area is 110 Å². The van der Waals surface area contributed by atoms with E-state index in [-0.39, 0.29) is 6.54 Å². The molecule has 2 amide bonds. The molecule has 0 atom stereocenters. The van der Waals surface area contributed by atoms with Gasteiger partial charge in [-0.15, -0.1) is 0 Å². The van der Waals surface area contributed by atoms with Gasteiger partial charge in [0.1, 0.15) is 6.54 Å². The maximum absolute atomic E-state index is 11.8. The molecule has 18 heavy (non-hydrogen) atoms. The lowest BCUT2D eigenvalue weighted by molar-refractivity contribution is -0.137. The third-order valence-electron chi connectivity index (χ3n) is 2.43. The fourth-order valence-corrected chi connectivity index (χ4v) is 1.68. The van der Waals surface area contributed by atoms with Crippen molar-refractivity contribution in [3.05, 3.63) is 28.8 Å². The highest BCUT2D eigenvalue weighted by Gasteiger charge is 2.15. The van der Waals surface area contributed by atoms with Gasteiger partial charge < -0.3 is 15.3 Å². The van der Waals surface area contributed by atoms with Crippen molar-refractivity contribution in [2.75, 3.05) is 18.4 Å². The van der Waals surface area contributed by atoms with Crippen molar-refractivity contribution in [1.82, 2.24) is 4.90 Å². The van der Waals surface area contributed by atoms with Crippen LogP contribution >= 0.6 is 11.6 Å². The number of urea groups is 1. The average Bonchev–Trinajstić information content (AvgIpc) is 2.29. The van der Waals surface area contributed by atoms with E-state index in [9.17, 15) is 9.59 Å². The molecule has 0 fully saturated rings. The smallest absolute Gasteiger partial charge is 0.323 e. The largest absolute Gasteiger partial charge is 0.480 e. The minimum absolute atomic E-state index is 0.324. The number of carboxylic acid groups (broad SMARTS) is 1. The summed E-state index contributed by atoms with van der Waals surface area (Å²) in [5.41, 5.74) is 1.44. The summed E-state index contributed by atoms with van der Waals surface area (Å²) >= 11 is 5.81. The number of aryl methyl sites for hydroxylation is 1. The van der Waals surface area contributed by atoms with Crippen molar-refractivity contribution in [3.63, 3.8) is 0 Å². The second kappa shape index (κ2) is 6.26. The van der Waals surface area contributed by atoms with Gasteiger partial charge in [0.05, 0.1) is 0 Å². The van der Waals surface area contributed by atoms with Gasteiger partial charge in [0, 0.05) is 17.3 Å². The van der Waals surface area contributed by atoms with Crippen LogP contribution in [0.25, 0.3) is 0 Å². The number of hydrogen-bond acceptors (Lipinski definition) is 2. The Balaban J connectivity index is 2.76. The lowest BCUT2D eigenvalue weighted by atomic mass is 10.2. The number of carbonyl (C=O) groups is 2. The van der Waals surface area contributed by atoms with Crippen LogP contribution in [-0.4, -0.2) is 35.1 Å².